The molecule has 2 rings (SSSR count). The Morgan fingerprint density at radius 2 is 2.43 bits per heavy atom. The third-order valence-electron chi connectivity index (χ3n) is 3.37. The van der Waals surface area contributed by atoms with Crippen LogP contribution in [0.15, 0.2) is 0 Å². The summed E-state index contributed by atoms with van der Waals surface area (Å²) in [6, 6.07) is 0.609. The SMILES string of the molecule is CC1COCCCN1CC1CCNC1. The molecule has 2 aliphatic heterocycles. The Hall–Kier alpha value is -0.120. The van der Waals surface area contributed by atoms with Gasteiger partial charge in [0, 0.05) is 25.7 Å². The number of nitrogens with one attached hydrogen (secondary N) is 1. The fraction of sp³-hybridized carbons (Fsp3) is 1.00. The van der Waals surface area contributed by atoms with Crippen molar-refractivity contribution in [1.82, 2.24) is 10.2 Å². The molecule has 2 atom stereocenters. The van der Waals surface area contributed by atoms with Gasteiger partial charge in [0.15, 0.2) is 0 Å². The van der Waals surface area contributed by atoms with Crippen LogP contribution in [-0.2, 0) is 4.74 Å². The highest BCUT2D eigenvalue weighted by molar-refractivity contribution is 4.78. The van der Waals surface area contributed by atoms with Crippen molar-refractivity contribution in [1.29, 1.82) is 0 Å². The molecule has 0 bridgehead atoms. The number of nitrogens with zero attached hydrogens (tertiary/aromatic N) is 1. The van der Waals surface area contributed by atoms with Gasteiger partial charge in [0.05, 0.1) is 6.61 Å². The average molecular weight is 198 g/mol. The lowest BCUT2D eigenvalue weighted by atomic mass is 10.1. The van der Waals surface area contributed by atoms with Crippen LogP contribution in [0.1, 0.15) is 19.8 Å². The Labute approximate surface area is 86.8 Å². The van der Waals surface area contributed by atoms with Gasteiger partial charge in [-0.2, -0.15) is 0 Å². The van der Waals surface area contributed by atoms with Gasteiger partial charge in [-0.05, 0) is 38.8 Å². The van der Waals surface area contributed by atoms with E-state index >= 15 is 0 Å². The van der Waals surface area contributed by atoms with E-state index in [-0.39, 0.29) is 0 Å². The first-order valence-electron chi connectivity index (χ1n) is 5.89. The molecular weight excluding hydrogens is 176 g/mol. The van der Waals surface area contributed by atoms with Crippen molar-refractivity contribution in [2.24, 2.45) is 5.92 Å². The van der Waals surface area contributed by atoms with E-state index in [1.165, 1.54) is 39.0 Å². The Morgan fingerprint density at radius 1 is 1.50 bits per heavy atom. The maximum Gasteiger partial charge on any atom is 0.0619 e. The molecule has 0 saturated carbocycles. The molecule has 0 amide bonds. The first-order valence-corrected chi connectivity index (χ1v) is 5.89. The van der Waals surface area contributed by atoms with Gasteiger partial charge in [0.1, 0.15) is 0 Å². The Bertz CT molecular complexity index is 169. The predicted octanol–water partition coefficient (Wildman–Crippen LogP) is 0.707. The van der Waals surface area contributed by atoms with Gasteiger partial charge in [0.2, 0.25) is 0 Å². The number of ether oxygens (including phenoxy) is 1. The zero-order valence-electron chi connectivity index (χ0n) is 9.17. The molecular formula is C11H22N2O. The predicted molar refractivity (Wildman–Crippen MR) is 57.4 cm³/mol. The second kappa shape index (κ2) is 5.10. The summed E-state index contributed by atoms with van der Waals surface area (Å²) in [5.41, 5.74) is 0. The summed E-state index contributed by atoms with van der Waals surface area (Å²) in [5, 5.41) is 3.43. The molecule has 3 heteroatoms. The molecule has 2 unspecified atom stereocenters. The maximum absolute atomic E-state index is 5.54. The Morgan fingerprint density at radius 3 is 3.21 bits per heavy atom. The van der Waals surface area contributed by atoms with Crippen LogP contribution in [0.25, 0.3) is 0 Å². The zero-order valence-corrected chi connectivity index (χ0v) is 9.17. The minimum Gasteiger partial charge on any atom is -0.380 e. The van der Waals surface area contributed by atoms with Gasteiger partial charge in [-0.25, -0.2) is 0 Å². The maximum atomic E-state index is 5.54. The van der Waals surface area contributed by atoms with Gasteiger partial charge >= 0.3 is 0 Å². The van der Waals surface area contributed by atoms with Gasteiger partial charge in [-0.3, -0.25) is 4.90 Å². The van der Waals surface area contributed by atoms with Gasteiger partial charge in [0.25, 0.3) is 0 Å². The molecule has 82 valence electrons. The summed E-state index contributed by atoms with van der Waals surface area (Å²) in [6.07, 6.45) is 2.55. The largest absolute Gasteiger partial charge is 0.380 e. The molecule has 2 aliphatic rings. The van der Waals surface area contributed by atoms with Crippen LogP contribution in [0.2, 0.25) is 0 Å². The fourth-order valence-corrected chi connectivity index (χ4v) is 2.42. The highest BCUT2D eigenvalue weighted by Gasteiger charge is 2.22. The highest BCUT2D eigenvalue weighted by Crippen LogP contribution is 2.14. The normalized spacial score (nSPS) is 35.8. The van der Waals surface area contributed by atoms with E-state index in [0.29, 0.717) is 6.04 Å². The molecule has 2 fully saturated rings. The van der Waals surface area contributed by atoms with Crippen LogP contribution in [0.3, 0.4) is 0 Å². The lowest BCUT2D eigenvalue weighted by Gasteiger charge is -2.28. The van der Waals surface area contributed by atoms with E-state index in [0.717, 1.165) is 19.1 Å². The minimum atomic E-state index is 0.609. The summed E-state index contributed by atoms with van der Waals surface area (Å²) < 4.78 is 5.54. The fourth-order valence-electron chi connectivity index (χ4n) is 2.42. The number of hydrogen-bond acceptors (Lipinski definition) is 3. The van der Waals surface area contributed by atoms with E-state index in [9.17, 15) is 0 Å². The summed E-state index contributed by atoms with van der Waals surface area (Å²) in [4.78, 5) is 2.60. The molecule has 2 heterocycles. The lowest BCUT2D eigenvalue weighted by molar-refractivity contribution is 0.102. The molecule has 0 aromatic heterocycles. The highest BCUT2D eigenvalue weighted by atomic mass is 16.5. The van der Waals surface area contributed by atoms with Crippen LogP contribution in [0, 0.1) is 5.92 Å². The number of hydrogen-bond donors (Lipinski definition) is 1. The molecule has 0 spiro atoms. The Balaban J connectivity index is 1.81. The molecule has 3 nitrogen and oxygen atoms in total. The molecule has 1 N–H and O–H groups in total. The van der Waals surface area contributed by atoms with E-state index < -0.39 is 0 Å². The third kappa shape index (κ3) is 2.69. The first-order chi connectivity index (χ1) is 6.86. The van der Waals surface area contributed by atoms with Gasteiger partial charge in [-0.15, -0.1) is 0 Å². The van der Waals surface area contributed by atoms with Crippen molar-refractivity contribution in [2.75, 3.05) is 39.4 Å². The van der Waals surface area contributed by atoms with Crippen LogP contribution < -0.4 is 5.32 Å². The summed E-state index contributed by atoms with van der Waals surface area (Å²) in [5.74, 6) is 0.871. The van der Waals surface area contributed by atoms with Crippen LogP contribution >= 0.6 is 0 Å². The van der Waals surface area contributed by atoms with E-state index in [1.807, 2.05) is 0 Å². The second-order valence-electron chi connectivity index (χ2n) is 4.63. The monoisotopic (exact) mass is 198 g/mol. The first kappa shape index (κ1) is 10.4. The quantitative estimate of drug-likeness (QED) is 0.707. The minimum absolute atomic E-state index is 0.609. The van der Waals surface area contributed by atoms with Gasteiger partial charge in [-0.1, -0.05) is 0 Å². The van der Waals surface area contributed by atoms with Crippen molar-refractivity contribution < 1.29 is 4.74 Å². The van der Waals surface area contributed by atoms with Crippen LogP contribution in [-0.4, -0.2) is 50.3 Å². The lowest BCUT2D eigenvalue weighted by Crippen LogP contribution is -2.39. The van der Waals surface area contributed by atoms with E-state index in [2.05, 4.69) is 17.1 Å². The molecule has 2 saturated heterocycles. The second-order valence-corrected chi connectivity index (χ2v) is 4.63. The molecule has 0 aliphatic carbocycles. The molecule has 14 heavy (non-hydrogen) atoms. The average Bonchev–Trinajstić information content (AvgIpc) is 2.60. The van der Waals surface area contributed by atoms with E-state index in [4.69, 9.17) is 4.74 Å². The number of rotatable bonds is 2. The zero-order chi connectivity index (χ0) is 9.80. The summed E-state index contributed by atoms with van der Waals surface area (Å²) in [7, 11) is 0. The molecule has 0 aromatic carbocycles. The van der Waals surface area contributed by atoms with Crippen LogP contribution in [0.4, 0.5) is 0 Å². The third-order valence-corrected chi connectivity index (χ3v) is 3.37. The summed E-state index contributed by atoms with van der Waals surface area (Å²) >= 11 is 0. The molecule has 0 aromatic rings. The smallest absolute Gasteiger partial charge is 0.0619 e. The van der Waals surface area contributed by atoms with Crippen molar-refractivity contribution in [3.63, 3.8) is 0 Å². The van der Waals surface area contributed by atoms with E-state index in [1.54, 1.807) is 0 Å². The molecule has 0 radical (unpaired) electrons. The van der Waals surface area contributed by atoms with Crippen molar-refractivity contribution in [3.05, 3.63) is 0 Å². The van der Waals surface area contributed by atoms with Crippen molar-refractivity contribution >= 4 is 0 Å². The summed E-state index contributed by atoms with van der Waals surface area (Å²) in [6.45, 7) is 9.06. The van der Waals surface area contributed by atoms with Crippen molar-refractivity contribution in [2.45, 2.75) is 25.8 Å². The standard InChI is InChI=1S/C11H22N2O/c1-10-9-14-6-2-5-13(10)8-11-3-4-12-7-11/h10-12H,2-9H2,1H3. The van der Waals surface area contributed by atoms with Crippen molar-refractivity contribution in [3.8, 4) is 0 Å². The topological polar surface area (TPSA) is 24.5 Å². The van der Waals surface area contributed by atoms with Gasteiger partial charge < -0.3 is 10.1 Å². The van der Waals surface area contributed by atoms with Crippen LogP contribution in [0.5, 0.6) is 0 Å². The Kier molecular flexibility index (Phi) is 3.79.